The SMILES string of the molecule is CC(c1ccc(CCNC(=O)c2ccc(OCCC3CC3)cc2)cc1)N1CCN(C)CC1. The summed E-state index contributed by atoms with van der Waals surface area (Å²) < 4.78 is 5.76. The fourth-order valence-electron chi connectivity index (χ4n) is 4.26. The zero-order chi connectivity index (χ0) is 22.3. The highest BCUT2D eigenvalue weighted by atomic mass is 16.5. The molecule has 2 aromatic carbocycles. The molecule has 0 bridgehead atoms. The highest BCUT2D eigenvalue weighted by Gasteiger charge is 2.21. The first-order valence-corrected chi connectivity index (χ1v) is 12.1. The molecular weight excluding hydrogens is 398 g/mol. The second-order valence-electron chi connectivity index (χ2n) is 9.37. The Morgan fingerprint density at radius 1 is 1.03 bits per heavy atom. The van der Waals surface area contributed by atoms with Crippen LogP contribution in [0.15, 0.2) is 48.5 Å². The summed E-state index contributed by atoms with van der Waals surface area (Å²) in [6, 6.07) is 16.8. The number of nitrogens with zero attached hydrogens (tertiary/aromatic N) is 2. The monoisotopic (exact) mass is 435 g/mol. The Morgan fingerprint density at radius 3 is 2.38 bits per heavy atom. The van der Waals surface area contributed by atoms with Crippen molar-refractivity contribution in [3.8, 4) is 5.75 Å². The normalized spacial score (nSPS) is 18.3. The van der Waals surface area contributed by atoms with Crippen molar-refractivity contribution in [1.29, 1.82) is 0 Å². The minimum Gasteiger partial charge on any atom is -0.494 e. The van der Waals surface area contributed by atoms with Gasteiger partial charge >= 0.3 is 0 Å². The minimum absolute atomic E-state index is 0.0326. The maximum Gasteiger partial charge on any atom is 0.251 e. The first kappa shape index (κ1) is 22.8. The van der Waals surface area contributed by atoms with Gasteiger partial charge < -0.3 is 15.0 Å². The molecule has 4 rings (SSSR count). The van der Waals surface area contributed by atoms with Crippen LogP contribution >= 0.6 is 0 Å². The number of amides is 1. The summed E-state index contributed by atoms with van der Waals surface area (Å²) in [7, 11) is 2.19. The molecule has 0 radical (unpaired) electrons. The average Bonchev–Trinajstić information content (AvgIpc) is 3.64. The number of likely N-dealkylation sites (N-methyl/N-ethyl adjacent to an activating group) is 1. The Kier molecular flexibility index (Phi) is 7.82. The molecule has 1 saturated heterocycles. The van der Waals surface area contributed by atoms with Gasteiger partial charge in [-0.25, -0.2) is 0 Å². The molecule has 5 nitrogen and oxygen atoms in total. The van der Waals surface area contributed by atoms with Crippen LogP contribution in [0.1, 0.15) is 53.7 Å². The zero-order valence-electron chi connectivity index (χ0n) is 19.6. The molecule has 1 amide bonds. The maximum absolute atomic E-state index is 12.4. The quantitative estimate of drug-likeness (QED) is 0.609. The summed E-state index contributed by atoms with van der Waals surface area (Å²) in [5.41, 5.74) is 3.29. The molecule has 2 fully saturated rings. The van der Waals surface area contributed by atoms with Crippen molar-refractivity contribution in [3.05, 3.63) is 65.2 Å². The predicted octanol–water partition coefficient (Wildman–Crippen LogP) is 4.15. The predicted molar refractivity (Wildman–Crippen MR) is 129 cm³/mol. The standard InChI is InChI=1S/C27H37N3O2/c1-21(30-18-16-29(2)17-19-30)24-7-5-22(6-8-24)13-15-28-27(31)25-9-11-26(12-10-25)32-20-14-23-3-4-23/h5-12,21,23H,3-4,13-20H2,1-2H3,(H,28,31). The number of hydrogen-bond donors (Lipinski definition) is 1. The topological polar surface area (TPSA) is 44.8 Å². The molecule has 1 aliphatic heterocycles. The minimum atomic E-state index is -0.0326. The number of benzene rings is 2. The number of carbonyl (C=O) groups is 1. The third-order valence-electron chi connectivity index (χ3n) is 6.86. The van der Waals surface area contributed by atoms with Crippen molar-refractivity contribution in [2.24, 2.45) is 5.92 Å². The average molecular weight is 436 g/mol. The first-order chi connectivity index (χ1) is 15.6. The molecule has 32 heavy (non-hydrogen) atoms. The van der Waals surface area contributed by atoms with Gasteiger partial charge in [-0.15, -0.1) is 0 Å². The van der Waals surface area contributed by atoms with Crippen molar-refractivity contribution < 1.29 is 9.53 Å². The summed E-state index contributed by atoms with van der Waals surface area (Å²) in [5, 5.41) is 3.03. The Hall–Kier alpha value is -2.37. The summed E-state index contributed by atoms with van der Waals surface area (Å²) in [6.07, 6.45) is 4.67. The maximum atomic E-state index is 12.4. The molecule has 1 aliphatic carbocycles. The number of hydrogen-bond acceptors (Lipinski definition) is 4. The fourth-order valence-corrected chi connectivity index (χ4v) is 4.26. The van der Waals surface area contributed by atoms with Gasteiger partial charge in [0.05, 0.1) is 6.61 Å². The molecule has 1 heterocycles. The fraction of sp³-hybridized carbons (Fsp3) is 0.519. The third kappa shape index (κ3) is 6.57. The van der Waals surface area contributed by atoms with E-state index in [2.05, 4.69) is 53.4 Å². The lowest BCUT2D eigenvalue weighted by atomic mass is 10.0. The summed E-state index contributed by atoms with van der Waals surface area (Å²) in [5.74, 6) is 1.68. The first-order valence-electron chi connectivity index (χ1n) is 12.1. The highest BCUT2D eigenvalue weighted by Crippen LogP contribution is 2.32. The molecule has 172 valence electrons. The number of piperazine rings is 1. The van der Waals surface area contributed by atoms with E-state index in [4.69, 9.17) is 4.74 Å². The molecule has 2 aromatic rings. The van der Waals surface area contributed by atoms with Gasteiger partial charge in [0, 0.05) is 44.3 Å². The molecule has 0 spiro atoms. The molecule has 2 aliphatic rings. The van der Waals surface area contributed by atoms with Crippen LogP contribution in [0.4, 0.5) is 0 Å². The van der Waals surface area contributed by atoms with Gasteiger partial charge in [0.15, 0.2) is 0 Å². The number of nitrogens with one attached hydrogen (secondary N) is 1. The van der Waals surface area contributed by atoms with E-state index in [1.807, 2.05) is 24.3 Å². The van der Waals surface area contributed by atoms with E-state index in [0.717, 1.165) is 57.3 Å². The van der Waals surface area contributed by atoms with Crippen LogP contribution in [0.2, 0.25) is 0 Å². The van der Waals surface area contributed by atoms with Crippen LogP contribution < -0.4 is 10.1 Å². The number of ether oxygens (including phenoxy) is 1. The van der Waals surface area contributed by atoms with Gasteiger partial charge in [-0.3, -0.25) is 9.69 Å². The number of carbonyl (C=O) groups excluding carboxylic acids is 1. The lowest BCUT2D eigenvalue weighted by Gasteiger charge is -2.36. The van der Waals surface area contributed by atoms with Gasteiger partial charge in [-0.2, -0.15) is 0 Å². The zero-order valence-corrected chi connectivity index (χ0v) is 19.6. The second-order valence-corrected chi connectivity index (χ2v) is 9.37. The van der Waals surface area contributed by atoms with E-state index in [-0.39, 0.29) is 5.91 Å². The molecule has 0 aromatic heterocycles. The number of rotatable bonds is 10. The molecule has 5 heteroatoms. The van der Waals surface area contributed by atoms with Crippen molar-refractivity contribution in [3.63, 3.8) is 0 Å². The van der Waals surface area contributed by atoms with Crippen LogP contribution in [-0.2, 0) is 6.42 Å². The van der Waals surface area contributed by atoms with E-state index in [1.165, 1.54) is 24.0 Å². The van der Waals surface area contributed by atoms with Gasteiger partial charge in [0.2, 0.25) is 0 Å². The van der Waals surface area contributed by atoms with Crippen LogP contribution in [0, 0.1) is 5.92 Å². The Labute approximate surface area is 192 Å². The second kappa shape index (κ2) is 11.0. The van der Waals surface area contributed by atoms with Crippen LogP contribution in [0.3, 0.4) is 0 Å². The van der Waals surface area contributed by atoms with Crippen molar-refractivity contribution in [2.75, 3.05) is 46.4 Å². The van der Waals surface area contributed by atoms with Gasteiger partial charge in [0.25, 0.3) is 5.91 Å². The van der Waals surface area contributed by atoms with Crippen LogP contribution in [0.25, 0.3) is 0 Å². The Morgan fingerprint density at radius 2 is 1.72 bits per heavy atom. The lowest BCUT2D eigenvalue weighted by molar-refractivity contribution is 0.0954. The molecule has 1 N–H and O–H groups in total. The van der Waals surface area contributed by atoms with E-state index in [1.54, 1.807) is 0 Å². The van der Waals surface area contributed by atoms with Gasteiger partial charge in [0.1, 0.15) is 5.75 Å². The molecule has 1 unspecified atom stereocenters. The van der Waals surface area contributed by atoms with Gasteiger partial charge in [-0.05, 0) is 68.1 Å². The van der Waals surface area contributed by atoms with E-state index >= 15 is 0 Å². The Bertz CT molecular complexity index is 853. The van der Waals surface area contributed by atoms with E-state index in [9.17, 15) is 4.79 Å². The van der Waals surface area contributed by atoms with E-state index in [0.29, 0.717) is 18.2 Å². The summed E-state index contributed by atoms with van der Waals surface area (Å²) in [6.45, 7) is 8.22. The van der Waals surface area contributed by atoms with Crippen molar-refractivity contribution in [1.82, 2.24) is 15.1 Å². The van der Waals surface area contributed by atoms with Crippen LogP contribution in [-0.4, -0.2) is 62.1 Å². The summed E-state index contributed by atoms with van der Waals surface area (Å²) >= 11 is 0. The highest BCUT2D eigenvalue weighted by molar-refractivity contribution is 5.94. The lowest BCUT2D eigenvalue weighted by Crippen LogP contribution is -2.45. The molecular formula is C27H37N3O2. The smallest absolute Gasteiger partial charge is 0.251 e. The molecule has 1 atom stereocenters. The Balaban J connectivity index is 1.18. The van der Waals surface area contributed by atoms with Crippen LogP contribution in [0.5, 0.6) is 5.75 Å². The third-order valence-corrected chi connectivity index (χ3v) is 6.86. The van der Waals surface area contributed by atoms with Crippen molar-refractivity contribution in [2.45, 2.75) is 38.6 Å². The molecule has 1 saturated carbocycles. The largest absolute Gasteiger partial charge is 0.494 e. The summed E-state index contributed by atoms with van der Waals surface area (Å²) in [4.78, 5) is 17.4. The van der Waals surface area contributed by atoms with Gasteiger partial charge in [-0.1, -0.05) is 37.1 Å². The van der Waals surface area contributed by atoms with Crippen molar-refractivity contribution >= 4 is 5.91 Å². The van der Waals surface area contributed by atoms with E-state index < -0.39 is 0 Å².